The molecular weight excluding hydrogens is 457 g/mol. The van der Waals surface area contributed by atoms with E-state index in [4.69, 9.17) is 15.6 Å². The monoisotopic (exact) mass is 490 g/mol. The SMILES string of the molecule is CC(C)n1nc(-c2cnc(N)c(C(F)(F)F)c2)cc1C1[C@H]2CC(N3CCN(C4COC4)CC3)C[C@@H]12. The van der Waals surface area contributed by atoms with Crippen LogP contribution in [0.2, 0.25) is 0 Å². The fourth-order valence-corrected chi connectivity index (χ4v) is 6.51. The zero-order chi connectivity index (χ0) is 24.5. The summed E-state index contributed by atoms with van der Waals surface area (Å²) < 4.78 is 47.4. The van der Waals surface area contributed by atoms with Gasteiger partial charge in [0.2, 0.25) is 0 Å². The van der Waals surface area contributed by atoms with E-state index in [2.05, 4.69) is 28.6 Å². The highest BCUT2D eigenvalue weighted by Gasteiger charge is 2.58. The molecule has 4 fully saturated rings. The van der Waals surface area contributed by atoms with Crippen LogP contribution in [0.3, 0.4) is 0 Å². The van der Waals surface area contributed by atoms with Gasteiger partial charge in [0, 0.05) is 61.6 Å². The Labute approximate surface area is 203 Å². The number of rotatable bonds is 5. The van der Waals surface area contributed by atoms with Crippen molar-refractivity contribution in [2.45, 2.75) is 56.9 Å². The molecule has 0 aromatic carbocycles. The van der Waals surface area contributed by atoms with Crippen molar-refractivity contribution in [2.24, 2.45) is 11.8 Å². The van der Waals surface area contributed by atoms with Crippen LogP contribution in [0.15, 0.2) is 18.3 Å². The smallest absolute Gasteiger partial charge is 0.383 e. The second kappa shape index (κ2) is 8.45. The first kappa shape index (κ1) is 23.2. The standard InChI is InChI=1S/C25H33F3N6O/c1-14(2)34-22(10-21(31-34)15-7-20(25(26,27)28)24(29)30-11-15)23-18-8-16(9-19(18)23)32-3-5-33(6-4-32)17-12-35-13-17/h7,10-11,14,16-19,23H,3-6,8-9,12-13H2,1-2H3,(H2,29,30)/t16?,18-,19+,23?. The Hall–Kier alpha value is -2.17. The van der Waals surface area contributed by atoms with Gasteiger partial charge in [-0.15, -0.1) is 0 Å². The number of pyridine rings is 1. The Morgan fingerprint density at radius 1 is 1.00 bits per heavy atom. The van der Waals surface area contributed by atoms with Gasteiger partial charge >= 0.3 is 6.18 Å². The number of ether oxygens (including phenoxy) is 1. The minimum Gasteiger partial charge on any atom is -0.383 e. The van der Waals surface area contributed by atoms with Gasteiger partial charge in [0.25, 0.3) is 0 Å². The maximum Gasteiger partial charge on any atom is 0.419 e. The van der Waals surface area contributed by atoms with Crippen LogP contribution < -0.4 is 5.73 Å². The van der Waals surface area contributed by atoms with E-state index in [1.54, 1.807) is 0 Å². The average Bonchev–Trinajstić information content (AvgIpc) is 3.13. The van der Waals surface area contributed by atoms with Crippen molar-refractivity contribution in [3.8, 4) is 11.3 Å². The lowest BCUT2D eigenvalue weighted by Gasteiger charge is -2.44. The number of piperazine rings is 1. The zero-order valence-electron chi connectivity index (χ0n) is 20.2. The molecule has 2 aliphatic heterocycles. The topological polar surface area (TPSA) is 72.4 Å². The molecule has 0 amide bonds. The predicted molar refractivity (Wildman–Crippen MR) is 126 cm³/mol. The summed E-state index contributed by atoms with van der Waals surface area (Å²) in [5.41, 5.74) is 6.61. The third-order valence-electron chi connectivity index (χ3n) is 8.54. The number of fused-ring (bicyclic) bond motifs is 1. The van der Waals surface area contributed by atoms with Crippen LogP contribution in [0.25, 0.3) is 11.3 Å². The highest BCUT2D eigenvalue weighted by molar-refractivity contribution is 5.63. The van der Waals surface area contributed by atoms with Gasteiger partial charge in [0.1, 0.15) is 5.82 Å². The summed E-state index contributed by atoms with van der Waals surface area (Å²) >= 11 is 0. The molecular formula is C25H33F3N6O. The van der Waals surface area contributed by atoms with E-state index in [0.29, 0.717) is 41.1 Å². The average molecular weight is 491 g/mol. The van der Waals surface area contributed by atoms with Gasteiger partial charge in [-0.3, -0.25) is 14.5 Å². The van der Waals surface area contributed by atoms with Gasteiger partial charge in [-0.1, -0.05) is 0 Å². The van der Waals surface area contributed by atoms with Crippen molar-refractivity contribution < 1.29 is 17.9 Å². The van der Waals surface area contributed by atoms with Gasteiger partial charge in [-0.05, 0) is 50.7 Å². The molecule has 2 N–H and O–H groups in total. The van der Waals surface area contributed by atoms with Crippen LogP contribution in [0.5, 0.6) is 0 Å². The third-order valence-corrected chi connectivity index (χ3v) is 8.54. The number of hydrogen-bond donors (Lipinski definition) is 1. The molecule has 2 saturated heterocycles. The van der Waals surface area contributed by atoms with E-state index in [-0.39, 0.29) is 6.04 Å². The highest BCUT2D eigenvalue weighted by Crippen LogP contribution is 2.64. The molecule has 2 aromatic rings. The lowest BCUT2D eigenvalue weighted by Crippen LogP contribution is -2.57. The van der Waals surface area contributed by atoms with Crippen LogP contribution in [0.1, 0.15) is 49.9 Å². The Balaban J connectivity index is 1.15. The Kier molecular flexibility index (Phi) is 5.61. The number of halogens is 3. The number of aromatic nitrogens is 3. The summed E-state index contributed by atoms with van der Waals surface area (Å²) in [7, 11) is 0. The molecule has 4 heterocycles. The second-order valence-electron chi connectivity index (χ2n) is 10.9. The van der Waals surface area contributed by atoms with Crippen molar-refractivity contribution in [2.75, 3.05) is 45.1 Å². The van der Waals surface area contributed by atoms with Crippen molar-refractivity contribution in [1.29, 1.82) is 0 Å². The maximum absolute atomic E-state index is 13.4. The van der Waals surface area contributed by atoms with Gasteiger partial charge in [0.05, 0.1) is 30.5 Å². The van der Waals surface area contributed by atoms with E-state index >= 15 is 0 Å². The zero-order valence-corrected chi connectivity index (χ0v) is 20.2. The summed E-state index contributed by atoms with van der Waals surface area (Å²) in [6.07, 6.45) is -0.763. The number of hydrogen-bond acceptors (Lipinski definition) is 6. The molecule has 2 aliphatic carbocycles. The quantitative estimate of drug-likeness (QED) is 0.690. The van der Waals surface area contributed by atoms with Crippen molar-refractivity contribution in [1.82, 2.24) is 24.6 Å². The first-order valence-corrected chi connectivity index (χ1v) is 12.7. The van der Waals surface area contributed by atoms with Gasteiger partial charge in [-0.25, -0.2) is 4.98 Å². The normalized spacial score (nSPS) is 30.0. The van der Waals surface area contributed by atoms with Crippen LogP contribution in [-0.4, -0.2) is 76.0 Å². The third kappa shape index (κ3) is 4.13. The number of nitrogens with two attached hydrogens (primary N) is 1. The predicted octanol–water partition coefficient (Wildman–Crippen LogP) is 3.64. The number of anilines is 1. The van der Waals surface area contributed by atoms with Gasteiger partial charge in [-0.2, -0.15) is 18.3 Å². The van der Waals surface area contributed by atoms with E-state index in [0.717, 1.165) is 51.2 Å². The van der Waals surface area contributed by atoms with Crippen LogP contribution in [0.4, 0.5) is 19.0 Å². The molecule has 0 radical (unpaired) electrons. The molecule has 35 heavy (non-hydrogen) atoms. The summed E-state index contributed by atoms with van der Waals surface area (Å²) in [5, 5.41) is 4.71. The molecule has 190 valence electrons. The van der Waals surface area contributed by atoms with E-state index in [9.17, 15) is 13.2 Å². The van der Waals surface area contributed by atoms with E-state index in [1.165, 1.54) is 19.0 Å². The van der Waals surface area contributed by atoms with Crippen molar-refractivity contribution >= 4 is 5.82 Å². The second-order valence-corrected chi connectivity index (χ2v) is 10.9. The fourth-order valence-electron chi connectivity index (χ4n) is 6.51. The van der Waals surface area contributed by atoms with Gasteiger partial charge in [0.15, 0.2) is 0 Å². The van der Waals surface area contributed by atoms with Crippen molar-refractivity contribution in [3.63, 3.8) is 0 Å². The number of alkyl halides is 3. The molecule has 4 atom stereocenters. The highest BCUT2D eigenvalue weighted by atomic mass is 19.4. The maximum atomic E-state index is 13.4. The Morgan fingerprint density at radius 2 is 1.63 bits per heavy atom. The molecule has 4 aliphatic rings. The first-order valence-electron chi connectivity index (χ1n) is 12.7. The van der Waals surface area contributed by atoms with Crippen LogP contribution in [-0.2, 0) is 10.9 Å². The van der Waals surface area contributed by atoms with Crippen LogP contribution in [0, 0.1) is 11.8 Å². The molecule has 0 spiro atoms. The first-order chi connectivity index (χ1) is 16.7. The molecule has 7 nitrogen and oxygen atoms in total. The lowest BCUT2D eigenvalue weighted by molar-refractivity contribution is -0.137. The molecule has 2 unspecified atom stereocenters. The van der Waals surface area contributed by atoms with Gasteiger partial charge < -0.3 is 10.5 Å². The largest absolute Gasteiger partial charge is 0.419 e. The van der Waals surface area contributed by atoms with E-state index in [1.807, 2.05) is 10.7 Å². The van der Waals surface area contributed by atoms with E-state index < -0.39 is 17.6 Å². The molecule has 0 bridgehead atoms. The summed E-state index contributed by atoms with van der Waals surface area (Å²) in [6.45, 7) is 10.4. The summed E-state index contributed by atoms with van der Waals surface area (Å²) in [4.78, 5) is 9.04. The molecule has 2 aromatic heterocycles. The number of nitrogen functional groups attached to an aromatic ring is 1. The minimum absolute atomic E-state index is 0.128. The Morgan fingerprint density at radius 3 is 2.17 bits per heavy atom. The fraction of sp³-hybridized carbons (Fsp3) is 0.680. The summed E-state index contributed by atoms with van der Waals surface area (Å²) in [6, 6.07) is 4.44. The van der Waals surface area contributed by atoms with Crippen LogP contribution >= 0.6 is 0 Å². The summed E-state index contributed by atoms with van der Waals surface area (Å²) in [5.74, 6) is 1.20. The molecule has 6 rings (SSSR count). The molecule has 2 saturated carbocycles. The minimum atomic E-state index is -4.55. The Bertz CT molecular complexity index is 1080. The van der Waals surface area contributed by atoms with Crippen molar-refractivity contribution in [3.05, 3.63) is 29.6 Å². The molecule has 10 heteroatoms. The lowest BCUT2D eigenvalue weighted by atomic mass is 10.0. The number of nitrogens with zero attached hydrogens (tertiary/aromatic N) is 5.